The van der Waals surface area contributed by atoms with Gasteiger partial charge in [0.05, 0.1) is 0 Å². The van der Waals surface area contributed by atoms with Crippen LogP contribution in [-0.2, 0) is 0 Å². The fraction of sp³-hybridized carbons (Fsp3) is 0.667. The highest BCUT2D eigenvalue weighted by molar-refractivity contribution is 9.24. The maximum absolute atomic E-state index is 3.14. The average Bonchev–Trinajstić information content (AvgIpc) is 1.87. The lowest BCUT2D eigenvalue weighted by molar-refractivity contribution is 0.864. The van der Waals surface area contributed by atoms with Gasteiger partial charge >= 0.3 is 0 Å². The molecule has 1 N–H and O–H groups in total. The molecule has 0 aliphatic carbocycles. The highest BCUT2D eigenvalue weighted by atomic mass is 79.9. The fourth-order valence-corrected chi connectivity index (χ4v) is 0.597. The Hall–Kier alpha value is 0.130. The summed E-state index contributed by atoms with van der Waals surface area (Å²) in [6, 6.07) is 0. The monoisotopic (exact) mass is 197 g/mol. The fourth-order valence-electron chi connectivity index (χ4n) is 0.410. The van der Waals surface area contributed by atoms with Crippen LogP contribution in [0.3, 0.4) is 0 Å². The summed E-state index contributed by atoms with van der Waals surface area (Å²) in [6.07, 6.45) is 0. The molecule has 2 radical (unpaired) electrons. The normalized spacial score (nSPS) is 8.40. The van der Waals surface area contributed by atoms with Gasteiger partial charge in [-0.1, -0.05) is 25.7 Å². The molecule has 1 nitrogen and oxygen atoms in total. The summed E-state index contributed by atoms with van der Waals surface area (Å²) < 4.78 is 0. The summed E-state index contributed by atoms with van der Waals surface area (Å²) in [7, 11) is 1.81. The van der Waals surface area contributed by atoms with E-state index in [0.717, 1.165) is 6.54 Å². The summed E-state index contributed by atoms with van der Waals surface area (Å²) >= 11 is 3.14. The maximum Gasteiger partial charge on any atom is 0.181 e. The Morgan fingerprint density at radius 3 is 2.80 bits per heavy atom. The van der Waals surface area contributed by atoms with Gasteiger partial charge in [-0.25, -0.2) is 0 Å². The molecule has 0 fully saturated rings. The molecule has 4 heteroatoms. The molecule has 0 spiro atoms. The van der Waals surface area contributed by atoms with Gasteiger partial charge in [0, 0.05) is 12.5 Å². The maximum atomic E-state index is 3.14. The number of halogens is 1. The van der Waals surface area contributed by atoms with Crippen LogP contribution < -0.4 is 5.23 Å². The molecule has 0 rings (SSSR count). The van der Waals surface area contributed by atoms with Crippen molar-refractivity contribution in [2.45, 2.75) is 13.8 Å². The summed E-state index contributed by atoms with van der Waals surface area (Å²) in [5.74, 6) is 8.26. The molecule has 10 heavy (non-hydrogen) atoms. The van der Waals surface area contributed by atoms with Gasteiger partial charge < -0.3 is 5.23 Å². The molecule has 0 aromatic carbocycles. The van der Waals surface area contributed by atoms with Gasteiger partial charge in [-0.2, -0.15) is 15.8 Å². The third-order valence-corrected chi connectivity index (χ3v) is 1.03. The number of hydrogen-bond donors (Lipinski definition) is 1. The summed E-state index contributed by atoms with van der Waals surface area (Å²) in [5, 5.41) is 2.99. The highest BCUT2D eigenvalue weighted by Gasteiger charge is 1.84. The van der Waals surface area contributed by atoms with Crippen LogP contribution in [0.15, 0.2) is 0 Å². The lowest BCUT2D eigenvalue weighted by Crippen LogP contribution is -2.22. The van der Waals surface area contributed by atoms with Gasteiger partial charge in [0.1, 0.15) is 0 Å². The average molecular weight is 198 g/mol. The van der Waals surface area contributed by atoms with Gasteiger partial charge in [-0.3, -0.25) is 0 Å². The van der Waals surface area contributed by atoms with E-state index in [1.807, 2.05) is 7.31 Å². The number of nitrogens with one attached hydrogen (secondary N) is 1. The van der Waals surface area contributed by atoms with Gasteiger partial charge in [0.2, 0.25) is 0 Å². The first-order valence-electron chi connectivity index (χ1n) is 3.24. The van der Waals surface area contributed by atoms with Gasteiger partial charge in [-0.05, 0) is 0 Å². The second kappa shape index (κ2) is 7.24. The topological polar surface area (TPSA) is 12.0 Å². The zero-order valence-corrected chi connectivity index (χ0v) is 7.90. The van der Waals surface area contributed by atoms with Crippen molar-refractivity contribution in [3.8, 4) is 11.8 Å². The zero-order chi connectivity index (χ0) is 7.82. The van der Waals surface area contributed by atoms with Gasteiger partial charge in [0.25, 0.3) is 0 Å². The third-order valence-electron chi connectivity index (χ3n) is 0.762. The van der Waals surface area contributed by atoms with Gasteiger partial charge in [-0.15, -0.1) is 0 Å². The minimum absolute atomic E-state index is 0.467. The molecule has 0 aliphatic heterocycles. The van der Waals surface area contributed by atoms with E-state index in [1.54, 1.807) is 5.99 Å². The second-order valence-electron chi connectivity index (χ2n) is 2.15. The SMILES string of the molecule is CC(C)C#CCN[B][B]Br. The van der Waals surface area contributed by atoms with Crippen molar-refractivity contribution >= 4 is 29.1 Å². The van der Waals surface area contributed by atoms with Crippen LogP contribution in [0.5, 0.6) is 0 Å². The Bertz CT molecular complexity index is 127. The molecule has 0 aromatic heterocycles. The predicted octanol–water partition coefficient (Wildman–Crippen LogP) is 0.784. The Kier molecular flexibility index (Phi) is 7.33. The number of rotatable bonds is 3. The minimum Gasteiger partial charge on any atom is -0.357 e. The Morgan fingerprint density at radius 1 is 1.60 bits per heavy atom. The molecule has 0 atom stereocenters. The predicted molar refractivity (Wildman–Crippen MR) is 51.1 cm³/mol. The van der Waals surface area contributed by atoms with Crippen molar-refractivity contribution in [3.63, 3.8) is 0 Å². The molecule has 0 bridgehead atoms. The first-order valence-corrected chi connectivity index (χ1v) is 4.16. The summed E-state index contributed by atoms with van der Waals surface area (Å²) in [5.41, 5.74) is 0. The largest absolute Gasteiger partial charge is 0.357 e. The lowest BCUT2D eigenvalue weighted by Gasteiger charge is -1.91. The molecular formula is C6H10B2BrN. The molecule has 0 aliphatic rings. The van der Waals surface area contributed by atoms with Crippen LogP contribution in [0.2, 0.25) is 0 Å². The smallest absolute Gasteiger partial charge is 0.181 e. The first-order chi connectivity index (χ1) is 4.77. The summed E-state index contributed by atoms with van der Waals surface area (Å²) in [6.45, 7) is 4.88. The van der Waals surface area contributed by atoms with Crippen LogP contribution in [-0.4, -0.2) is 19.8 Å². The van der Waals surface area contributed by atoms with Gasteiger partial charge in [0.15, 0.2) is 13.3 Å². The Balaban J connectivity index is 3.12. The van der Waals surface area contributed by atoms with E-state index < -0.39 is 0 Å². The van der Waals surface area contributed by atoms with E-state index in [2.05, 4.69) is 46.7 Å². The molecule has 0 amide bonds. The molecule has 0 aromatic rings. The molecule has 0 heterocycles. The quantitative estimate of drug-likeness (QED) is 0.401. The summed E-state index contributed by atoms with van der Waals surface area (Å²) in [4.78, 5) is 0. The molecule has 0 saturated carbocycles. The highest BCUT2D eigenvalue weighted by Crippen LogP contribution is 1.84. The van der Waals surface area contributed by atoms with Crippen molar-refractivity contribution in [3.05, 3.63) is 0 Å². The number of hydrogen-bond acceptors (Lipinski definition) is 1. The van der Waals surface area contributed by atoms with E-state index in [9.17, 15) is 0 Å². The van der Waals surface area contributed by atoms with E-state index >= 15 is 0 Å². The Morgan fingerprint density at radius 2 is 2.30 bits per heavy atom. The van der Waals surface area contributed by atoms with Crippen molar-refractivity contribution < 1.29 is 0 Å². The standard InChI is InChI=1S/C6H10B2BrN/c1-6(2)4-3-5-10-8-7-9/h6,10H,5H2,1-2H3. The molecule has 0 saturated heterocycles. The zero-order valence-electron chi connectivity index (χ0n) is 6.32. The first kappa shape index (κ1) is 10.1. The third kappa shape index (κ3) is 8.13. The second-order valence-corrected chi connectivity index (χ2v) is 2.68. The van der Waals surface area contributed by atoms with E-state index in [1.165, 1.54) is 0 Å². The van der Waals surface area contributed by atoms with E-state index in [-0.39, 0.29) is 0 Å². The molecular weight excluding hydrogens is 188 g/mol. The molecule has 0 unspecified atom stereocenters. The van der Waals surface area contributed by atoms with E-state index in [0.29, 0.717) is 5.92 Å². The minimum atomic E-state index is 0.467. The van der Waals surface area contributed by atoms with Crippen molar-refractivity contribution in [2.24, 2.45) is 5.92 Å². The van der Waals surface area contributed by atoms with Crippen molar-refractivity contribution in [1.29, 1.82) is 0 Å². The molecule has 52 valence electrons. The van der Waals surface area contributed by atoms with Crippen LogP contribution in [0, 0.1) is 17.8 Å². The van der Waals surface area contributed by atoms with Crippen LogP contribution in [0.4, 0.5) is 0 Å². The van der Waals surface area contributed by atoms with E-state index in [4.69, 9.17) is 0 Å². The Labute approximate surface area is 72.8 Å². The van der Waals surface area contributed by atoms with Crippen molar-refractivity contribution in [2.75, 3.05) is 6.54 Å². The van der Waals surface area contributed by atoms with Crippen LogP contribution >= 0.6 is 15.8 Å². The van der Waals surface area contributed by atoms with Crippen LogP contribution in [0.1, 0.15) is 13.8 Å². The van der Waals surface area contributed by atoms with Crippen molar-refractivity contribution in [1.82, 2.24) is 5.23 Å². The lowest BCUT2D eigenvalue weighted by atomic mass is 9.67. The van der Waals surface area contributed by atoms with Crippen LogP contribution in [0.25, 0.3) is 0 Å².